The van der Waals surface area contributed by atoms with Crippen molar-refractivity contribution in [2.24, 2.45) is 5.92 Å². The van der Waals surface area contributed by atoms with E-state index in [0.29, 0.717) is 12.3 Å². The Hall–Kier alpha value is -1.51. The highest BCUT2D eigenvalue weighted by molar-refractivity contribution is 7.99. The number of thioether (sulfide) groups is 1. The minimum absolute atomic E-state index is 0.0375. The van der Waals surface area contributed by atoms with Crippen molar-refractivity contribution < 1.29 is 18.7 Å². The standard InChI is InChI=1S/C19H27N3O4S/c23-17(20-5-1-6-21-7-10-25-11-8-21)16-13-27-19(15-4-9-26-12-15)22(16)18(24)14-2-3-14/h4,9,12,14,16,19H,1-3,5-8,10-11,13H2,(H,20,23). The Bertz CT molecular complexity index is 643. The number of ether oxygens (including phenoxy) is 1. The summed E-state index contributed by atoms with van der Waals surface area (Å²) in [6, 6.07) is 1.49. The van der Waals surface area contributed by atoms with Gasteiger partial charge in [0.1, 0.15) is 11.4 Å². The molecule has 1 saturated carbocycles. The fourth-order valence-corrected chi connectivity index (χ4v) is 5.06. The lowest BCUT2D eigenvalue weighted by atomic mass is 10.2. The number of hydrogen-bond acceptors (Lipinski definition) is 6. The van der Waals surface area contributed by atoms with Crippen molar-refractivity contribution in [1.29, 1.82) is 0 Å². The molecule has 2 aliphatic heterocycles. The highest BCUT2D eigenvalue weighted by Gasteiger charge is 2.46. The number of hydrogen-bond donors (Lipinski definition) is 1. The van der Waals surface area contributed by atoms with Crippen molar-refractivity contribution in [2.75, 3.05) is 45.1 Å². The van der Waals surface area contributed by atoms with Crippen LogP contribution in [-0.2, 0) is 14.3 Å². The monoisotopic (exact) mass is 393 g/mol. The summed E-state index contributed by atoms with van der Waals surface area (Å²) in [5.41, 5.74) is 0.955. The smallest absolute Gasteiger partial charge is 0.243 e. The van der Waals surface area contributed by atoms with E-state index in [-0.39, 0.29) is 23.1 Å². The molecule has 3 aliphatic rings. The number of nitrogens with zero attached hydrogens (tertiary/aromatic N) is 2. The molecule has 1 N–H and O–H groups in total. The summed E-state index contributed by atoms with van der Waals surface area (Å²) < 4.78 is 10.6. The minimum atomic E-state index is -0.397. The summed E-state index contributed by atoms with van der Waals surface area (Å²) in [6.07, 6.45) is 6.08. The highest BCUT2D eigenvalue weighted by Crippen LogP contribution is 2.45. The topological polar surface area (TPSA) is 75.0 Å². The second-order valence-electron chi connectivity index (χ2n) is 7.38. The number of furan rings is 1. The molecular formula is C19H27N3O4S. The minimum Gasteiger partial charge on any atom is -0.472 e. The average molecular weight is 394 g/mol. The lowest BCUT2D eigenvalue weighted by Gasteiger charge is -2.29. The summed E-state index contributed by atoms with van der Waals surface area (Å²) in [5, 5.41) is 2.92. The first-order valence-electron chi connectivity index (χ1n) is 9.78. The van der Waals surface area contributed by atoms with Gasteiger partial charge >= 0.3 is 0 Å². The Kier molecular flexibility index (Phi) is 6.04. The lowest BCUT2D eigenvalue weighted by molar-refractivity contribution is -0.140. The molecular weight excluding hydrogens is 366 g/mol. The maximum atomic E-state index is 12.8. The molecule has 0 radical (unpaired) electrons. The molecule has 1 aromatic rings. The molecule has 0 bridgehead atoms. The summed E-state index contributed by atoms with van der Waals surface area (Å²) in [4.78, 5) is 29.8. The van der Waals surface area contributed by atoms with E-state index in [1.807, 2.05) is 6.07 Å². The number of nitrogens with one attached hydrogen (secondary N) is 1. The third-order valence-corrected chi connectivity index (χ3v) is 6.69. The predicted octanol–water partition coefficient (Wildman–Crippen LogP) is 1.47. The van der Waals surface area contributed by atoms with E-state index in [0.717, 1.165) is 57.7 Å². The number of amides is 2. The van der Waals surface area contributed by atoms with Crippen LogP contribution in [0.5, 0.6) is 0 Å². The third kappa shape index (κ3) is 4.50. The maximum absolute atomic E-state index is 12.8. The zero-order chi connectivity index (χ0) is 18.6. The molecule has 2 saturated heterocycles. The van der Waals surface area contributed by atoms with Gasteiger partial charge < -0.3 is 19.4 Å². The van der Waals surface area contributed by atoms with Crippen LogP contribution < -0.4 is 5.32 Å². The Labute approximate surface area is 163 Å². The van der Waals surface area contributed by atoms with Crippen LogP contribution in [0.25, 0.3) is 0 Å². The van der Waals surface area contributed by atoms with Crippen molar-refractivity contribution in [3.63, 3.8) is 0 Å². The molecule has 2 atom stereocenters. The van der Waals surface area contributed by atoms with Crippen LogP contribution in [0.3, 0.4) is 0 Å². The van der Waals surface area contributed by atoms with Gasteiger partial charge in [0.25, 0.3) is 0 Å². The zero-order valence-corrected chi connectivity index (χ0v) is 16.3. The first kappa shape index (κ1) is 18.8. The van der Waals surface area contributed by atoms with Gasteiger partial charge in [-0.2, -0.15) is 0 Å². The van der Waals surface area contributed by atoms with E-state index in [4.69, 9.17) is 9.15 Å². The number of carbonyl (C=O) groups is 2. The third-order valence-electron chi connectivity index (χ3n) is 5.37. The summed E-state index contributed by atoms with van der Waals surface area (Å²) in [7, 11) is 0. The fourth-order valence-electron chi connectivity index (χ4n) is 3.65. The molecule has 8 heteroatoms. The first-order chi connectivity index (χ1) is 13.2. The number of morpholine rings is 1. The van der Waals surface area contributed by atoms with Crippen LogP contribution in [-0.4, -0.2) is 72.8 Å². The summed E-state index contributed by atoms with van der Waals surface area (Å²) in [6.45, 7) is 5.11. The van der Waals surface area contributed by atoms with E-state index < -0.39 is 6.04 Å². The molecule has 7 nitrogen and oxygen atoms in total. The van der Waals surface area contributed by atoms with Crippen molar-refractivity contribution in [2.45, 2.75) is 30.7 Å². The Morgan fingerprint density at radius 2 is 2.07 bits per heavy atom. The van der Waals surface area contributed by atoms with Gasteiger partial charge in [-0.1, -0.05) is 0 Å². The largest absolute Gasteiger partial charge is 0.472 e. The van der Waals surface area contributed by atoms with E-state index in [1.165, 1.54) is 0 Å². The SMILES string of the molecule is O=C(NCCCN1CCOCC1)C1CSC(c2ccoc2)N1C(=O)C1CC1. The van der Waals surface area contributed by atoms with Gasteiger partial charge in [-0.15, -0.1) is 11.8 Å². The van der Waals surface area contributed by atoms with Gasteiger partial charge in [0.2, 0.25) is 11.8 Å². The molecule has 2 amide bonds. The molecule has 2 unspecified atom stereocenters. The molecule has 1 aliphatic carbocycles. The quantitative estimate of drug-likeness (QED) is 0.707. The summed E-state index contributed by atoms with van der Waals surface area (Å²) in [5.74, 6) is 0.794. The molecule has 148 valence electrons. The highest BCUT2D eigenvalue weighted by atomic mass is 32.2. The van der Waals surface area contributed by atoms with E-state index in [2.05, 4.69) is 10.2 Å². The van der Waals surface area contributed by atoms with Crippen LogP contribution in [0.2, 0.25) is 0 Å². The van der Waals surface area contributed by atoms with E-state index >= 15 is 0 Å². The molecule has 27 heavy (non-hydrogen) atoms. The van der Waals surface area contributed by atoms with Crippen LogP contribution in [0.15, 0.2) is 23.0 Å². The van der Waals surface area contributed by atoms with Crippen molar-refractivity contribution in [3.8, 4) is 0 Å². The number of carbonyl (C=O) groups excluding carboxylic acids is 2. The second kappa shape index (κ2) is 8.67. The van der Waals surface area contributed by atoms with Gasteiger partial charge in [-0.3, -0.25) is 14.5 Å². The fraction of sp³-hybridized carbons (Fsp3) is 0.684. The first-order valence-corrected chi connectivity index (χ1v) is 10.8. The second-order valence-corrected chi connectivity index (χ2v) is 8.49. The Morgan fingerprint density at radius 3 is 2.78 bits per heavy atom. The van der Waals surface area contributed by atoms with Crippen LogP contribution >= 0.6 is 11.8 Å². The van der Waals surface area contributed by atoms with Crippen LogP contribution in [0, 0.1) is 5.92 Å². The molecule has 4 rings (SSSR count). The Balaban J connectivity index is 1.31. The van der Waals surface area contributed by atoms with Gasteiger partial charge in [0, 0.05) is 36.9 Å². The van der Waals surface area contributed by atoms with E-state index in [1.54, 1.807) is 29.2 Å². The molecule has 1 aromatic heterocycles. The Morgan fingerprint density at radius 1 is 1.26 bits per heavy atom. The van der Waals surface area contributed by atoms with Gasteiger partial charge in [0.05, 0.1) is 25.7 Å². The summed E-state index contributed by atoms with van der Waals surface area (Å²) >= 11 is 1.64. The molecule has 0 aromatic carbocycles. The molecule has 0 spiro atoms. The van der Waals surface area contributed by atoms with Crippen molar-refractivity contribution in [1.82, 2.24) is 15.1 Å². The van der Waals surface area contributed by atoms with Crippen molar-refractivity contribution >= 4 is 23.6 Å². The van der Waals surface area contributed by atoms with Crippen LogP contribution in [0.1, 0.15) is 30.2 Å². The van der Waals surface area contributed by atoms with Gasteiger partial charge in [0.15, 0.2) is 0 Å². The van der Waals surface area contributed by atoms with E-state index in [9.17, 15) is 9.59 Å². The van der Waals surface area contributed by atoms with Gasteiger partial charge in [-0.05, 0) is 31.9 Å². The van der Waals surface area contributed by atoms with Crippen LogP contribution in [0.4, 0.5) is 0 Å². The molecule has 3 fully saturated rings. The predicted molar refractivity (Wildman–Crippen MR) is 102 cm³/mol. The number of rotatable bonds is 7. The maximum Gasteiger partial charge on any atom is 0.243 e. The zero-order valence-electron chi connectivity index (χ0n) is 15.5. The van der Waals surface area contributed by atoms with Gasteiger partial charge in [-0.25, -0.2) is 0 Å². The lowest BCUT2D eigenvalue weighted by Crippen LogP contribution is -2.49. The molecule has 3 heterocycles. The normalized spacial score (nSPS) is 26.3. The van der Waals surface area contributed by atoms with Crippen molar-refractivity contribution in [3.05, 3.63) is 24.2 Å². The average Bonchev–Trinajstić information content (AvgIpc) is 3.22.